The van der Waals surface area contributed by atoms with Gasteiger partial charge in [-0.05, 0) is 48.5 Å². The van der Waals surface area contributed by atoms with Crippen LogP contribution in [0.1, 0.15) is 12.5 Å². The van der Waals surface area contributed by atoms with E-state index < -0.39 is 6.10 Å². The molecule has 0 aliphatic rings. The third-order valence-corrected chi connectivity index (χ3v) is 4.59. The van der Waals surface area contributed by atoms with Crippen molar-refractivity contribution in [2.75, 3.05) is 26.8 Å². The van der Waals surface area contributed by atoms with Crippen molar-refractivity contribution >= 4 is 10.9 Å². The molecule has 1 atom stereocenters. The van der Waals surface area contributed by atoms with E-state index in [-0.39, 0.29) is 12.2 Å². The lowest BCUT2D eigenvalue weighted by atomic mass is 10.2. The second-order valence-corrected chi connectivity index (χ2v) is 6.72. The third-order valence-electron chi connectivity index (χ3n) is 4.59. The SMILES string of the molecule is CCN(Cc1cccc(OC)c1)CC(O)COc1ccc2[nH]c(=O)ccc2c1. The number of nitrogens with zero attached hydrogens (tertiary/aromatic N) is 1. The summed E-state index contributed by atoms with van der Waals surface area (Å²) in [7, 11) is 1.65. The van der Waals surface area contributed by atoms with Gasteiger partial charge in [-0.1, -0.05) is 19.1 Å². The summed E-state index contributed by atoms with van der Waals surface area (Å²) in [5.41, 5.74) is 1.76. The van der Waals surface area contributed by atoms with Gasteiger partial charge in [-0.3, -0.25) is 9.69 Å². The molecule has 148 valence electrons. The van der Waals surface area contributed by atoms with Crippen LogP contribution in [0.3, 0.4) is 0 Å². The molecule has 6 nitrogen and oxygen atoms in total. The topological polar surface area (TPSA) is 74.8 Å². The number of rotatable bonds is 9. The van der Waals surface area contributed by atoms with Gasteiger partial charge in [0, 0.05) is 30.1 Å². The van der Waals surface area contributed by atoms with Gasteiger partial charge in [0.2, 0.25) is 5.56 Å². The maximum absolute atomic E-state index is 11.3. The number of H-pyrrole nitrogens is 1. The molecule has 0 bridgehead atoms. The predicted molar refractivity (Wildman–Crippen MR) is 110 cm³/mol. The largest absolute Gasteiger partial charge is 0.497 e. The molecule has 0 amide bonds. The minimum absolute atomic E-state index is 0.132. The molecule has 28 heavy (non-hydrogen) atoms. The second-order valence-electron chi connectivity index (χ2n) is 6.72. The van der Waals surface area contributed by atoms with Crippen molar-refractivity contribution < 1.29 is 14.6 Å². The first kappa shape index (κ1) is 19.9. The first-order valence-electron chi connectivity index (χ1n) is 9.36. The minimum Gasteiger partial charge on any atom is -0.497 e. The molecular weight excluding hydrogens is 356 g/mol. The lowest BCUT2D eigenvalue weighted by Gasteiger charge is -2.24. The van der Waals surface area contributed by atoms with Gasteiger partial charge in [0.05, 0.1) is 7.11 Å². The van der Waals surface area contributed by atoms with Gasteiger partial charge in [-0.2, -0.15) is 0 Å². The summed E-state index contributed by atoms with van der Waals surface area (Å²) >= 11 is 0. The van der Waals surface area contributed by atoms with Crippen molar-refractivity contribution in [1.29, 1.82) is 0 Å². The van der Waals surface area contributed by atoms with E-state index in [0.29, 0.717) is 12.3 Å². The fourth-order valence-corrected chi connectivity index (χ4v) is 3.10. The Morgan fingerprint density at radius 2 is 1.96 bits per heavy atom. The number of hydrogen-bond acceptors (Lipinski definition) is 5. The van der Waals surface area contributed by atoms with Crippen LogP contribution in [0.2, 0.25) is 0 Å². The Morgan fingerprint density at radius 1 is 1.11 bits per heavy atom. The van der Waals surface area contributed by atoms with Gasteiger partial charge in [0.25, 0.3) is 0 Å². The molecule has 0 fully saturated rings. The maximum Gasteiger partial charge on any atom is 0.248 e. The van der Waals surface area contributed by atoms with Crippen molar-refractivity contribution in [3.63, 3.8) is 0 Å². The second kappa shape index (κ2) is 9.39. The molecule has 1 heterocycles. The number of aliphatic hydroxyl groups excluding tert-OH is 1. The smallest absolute Gasteiger partial charge is 0.248 e. The number of aliphatic hydroxyl groups is 1. The van der Waals surface area contributed by atoms with E-state index in [1.807, 2.05) is 30.3 Å². The van der Waals surface area contributed by atoms with Gasteiger partial charge in [-0.15, -0.1) is 0 Å². The van der Waals surface area contributed by atoms with E-state index in [2.05, 4.69) is 16.8 Å². The van der Waals surface area contributed by atoms with E-state index in [4.69, 9.17) is 9.47 Å². The predicted octanol–water partition coefficient (Wildman–Crippen LogP) is 2.80. The van der Waals surface area contributed by atoms with Crippen LogP contribution in [0.15, 0.2) is 59.4 Å². The Morgan fingerprint density at radius 3 is 2.75 bits per heavy atom. The van der Waals surface area contributed by atoms with Crippen LogP contribution in [0.25, 0.3) is 10.9 Å². The van der Waals surface area contributed by atoms with E-state index in [1.54, 1.807) is 25.3 Å². The highest BCUT2D eigenvalue weighted by Gasteiger charge is 2.12. The van der Waals surface area contributed by atoms with E-state index in [9.17, 15) is 9.90 Å². The van der Waals surface area contributed by atoms with Gasteiger partial charge in [-0.25, -0.2) is 0 Å². The van der Waals surface area contributed by atoms with Crippen LogP contribution < -0.4 is 15.0 Å². The van der Waals surface area contributed by atoms with Crippen molar-refractivity contribution in [3.8, 4) is 11.5 Å². The Labute approximate surface area is 164 Å². The molecule has 3 aromatic rings. The first-order valence-corrected chi connectivity index (χ1v) is 9.36. The average Bonchev–Trinajstić information content (AvgIpc) is 2.71. The van der Waals surface area contributed by atoms with E-state index >= 15 is 0 Å². The van der Waals surface area contributed by atoms with Crippen LogP contribution in [0, 0.1) is 0 Å². The lowest BCUT2D eigenvalue weighted by Crippen LogP contribution is -2.35. The number of likely N-dealkylation sites (N-methyl/N-ethyl adjacent to an activating group) is 1. The fraction of sp³-hybridized carbons (Fsp3) is 0.318. The van der Waals surface area contributed by atoms with E-state index in [0.717, 1.165) is 35.3 Å². The molecule has 2 N–H and O–H groups in total. The quantitative estimate of drug-likeness (QED) is 0.595. The number of aromatic nitrogens is 1. The molecule has 3 rings (SSSR count). The summed E-state index contributed by atoms with van der Waals surface area (Å²) in [5.74, 6) is 1.49. The first-order chi connectivity index (χ1) is 13.6. The van der Waals surface area contributed by atoms with E-state index in [1.165, 1.54) is 6.07 Å². The van der Waals surface area contributed by atoms with Crippen LogP contribution in [0.4, 0.5) is 0 Å². The van der Waals surface area contributed by atoms with Crippen LogP contribution in [0.5, 0.6) is 11.5 Å². The number of fused-ring (bicyclic) bond motifs is 1. The number of aromatic amines is 1. The molecule has 2 aromatic carbocycles. The van der Waals surface area contributed by atoms with Crippen LogP contribution in [-0.4, -0.2) is 47.9 Å². The van der Waals surface area contributed by atoms with Crippen LogP contribution >= 0.6 is 0 Å². The molecule has 1 aromatic heterocycles. The van der Waals surface area contributed by atoms with Gasteiger partial charge >= 0.3 is 0 Å². The van der Waals surface area contributed by atoms with Gasteiger partial charge < -0.3 is 19.6 Å². The average molecular weight is 382 g/mol. The van der Waals surface area contributed by atoms with Crippen LogP contribution in [-0.2, 0) is 6.54 Å². The molecule has 0 aliphatic heterocycles. The standard InChI is InChI=1S/C22H26N2O4/c1-3-24(13-16-5-4-6-19(11-16)27-2)14-18(25)15-28-20-8-9-21-17(12-20)7-10-22(26)23-21/h4-12,18,25H,3,13-15H2,1-2H3,(H,23,26). The van der Waals surface area contributed by atoms with Crippen molar-refractivity contribution in [3.05, 3.63) is 70.5 Å². The molecule has 0 saturated carbocycles. The molecule has 6 heteroatoms. The number of methoxy groups -OCH3 is 1. The molecule has 0 radical (unpaired) electrons. The lowest BCUT2D eigenvalue weighted by molar-refractivity contribution is 0.0675. The molecule has 1 unspecified atom stereocenters. The summed E-state index contributed by atoms with van der Waals surface area (Å²) in [6.45, 7) is 4.32. The minimum atomic E-state index is -0.614. The Bertz CT molecular complexity index is 970. The van der Waals surface area contributed by atoms with Crippen molar-refractivity contribution in [1.82, 2.24) is 9.88 Å². The highest BCUT2D eigenvalue weighted by Crippen LogP contribution is 2.19. The highest BCUT2D eigenvalue weighted by molar-refractivity contribution is 5.79. The molecule has 0 aliphatic carbocycles. The zero-order valence-corrected chi connectivity index (χ0v) is 16.2. The number of ether oxygens (including phenoxy) is 2. The van der Waals surface area contributed by atoms with Crippen molar-refractivity contribution in [2.24, 2.45) is 0 Å². The summed E-state index contributed by atoms with van der Waals surface area (Å²) in [5, 5.41) is 11.3. The molecular formula is C22H26N2O4. The summed E-state index contributed by atoms with van der Waals surface area (Å²) in [6.07, 6.45) is -0.614. The van der Waals surface area contributed by atoms with Crippen molar-refractivity contribution in [2.45, 2.75) is 19.6 Å². The summed E-state index contributed by atoms with van der Waals surface area (Å²) < 4.78 is 11.0. The molecule has 0 saturated heterocycles. The number of hydrogen-bond donors (Lipinski definition) is 2. The zero-order valence-electron chi connectivity index (χ0n) is 16.2. The van der Waals surface area contributed by atoms with Gasteiger partial charge in [0.15, 0.2) is 0 Å². The number of nitrogens with one attached hydrogen (secondary N) is 1. The van der Waals surface area contributed by atoms with Gasteiger partial charge in [0.1, 0.15) is 24.2 Å². The zero-order chi connectivity index (χ0) is 19.9. The Kier molecular flexibility index (Phi) is 6.68. The summed E-state index contributed by atoms with van der Waals surface area (Å²) in [4.78, 5) is 16.3. The highest BCUT2D eigenvalue weighted by atomic mass is 16.5. The Balaban J connectivity index is 1.55. The monoisotopic (exact) mass is 382 g/mol. The molecule has 0 spiro atoms. The third kappa shape index (κ3) is 5.34. The normalized spacial score (nSPS) is 12.3. The number of benzene rings is 2. The fourth-order valence-electron chi connectivity index (χ4n) is 3.10. The maximum atomic E-state index is 11.3. The summed E-state index contributed by atoms with van der Waals surface area (Å²) in [6, 6.07) is 16.6. The Hall–Kier alpha value is -2.83. The number of pyridine rings is 1.